The lowest BCUT2D eigenvalue weighted by Gasteiger charge is -2.12. The van der Waals surface area contributed by atoms with Crippen LogP contribution in [0, 0.1) is 0 Å². The number of aromatic nitrogens is 3. The number of hydrogen-bond donors (Lipinski definition) is 0. The van der Waals surface area contributed by atoms with Crippen molar-refractivity contribution < 1.29 is 13.2 Å². The average molecular weight is 346 g/mol. The summed E-state index contributed by atoms with van der Waals surface area (Å²) in [5.41, 5.74) is -0.572. The second-order valence-corrected chi connectivity index (χ2v) is 4.97. The maximum Gasteiger partial charge on any atom is 0.417 e. The Balaban J connectivity index is 2.57. The zero-order chi connectivity index (χ0) is 14.8. The Bertz CT molecular complexity index is 614. The number of hydrogen-bond acceptors (Lipinski definition) is 3. The molecular weight excluding hydrogens is 335 g/mol. The van der Waals surface area contributed by atoms with E-state index < -0.39 is 11.7 Å². The first-order valence-electron chi connectivity index (χ1n) is 5.97. The van der Waals surface area contributed by atoms with Crippen molar-refractivity contribution in [2.75, 3.05) is 0 Å². The Morgan fingerprint density at radius 3 is 2.65 bits per heavy atom. The minimum Gasteiger partial charge on any atom is -0.264 e. The molecule has 0 amide bonds. The van der Waals surface area contributed by atoms with Crippen LogP contribution in [0.3, 0.4) is 0 Å². The van der Waals surface area contributed by atoms with Crippen molar-refractivity contribution in [3.05, 3.63) is 40.5 Å². The molecule has 2 heterocycles. The quantitative estimate of drug-likeness (QED) is 0.779. The molecule has 2 aromatic heterocycles. The molecule has 0 saturated carbocycles. The number of nitrogens with zero attached hydrogens (tertiary/aromatic N) is 3. The highest BCUT2D eigenvalue weighted by atomic mass is 79.9. The van der Waals surface area contributed by atoms with Gasteiger partial charge in [0.1, 0.15) is 10.4 Å². The van der Waals surface area contributed by atoms with E-state index in [0.29, 0.717) is 16.8 Å². The summed E-state index contributed by atoms with van der Waals surface area (Å²) in [4.78, 5) is 12.1. The molecule has 106 valence electrons. The fourth-order valence-corrected chi connectivity index (χ4v) is 2.21. The molecule has 0 saturated heterocycles. The lowest BCUT2D eigenvalue weighted by atomic mass is 10.1. The fraction of sp³-hybridized carbons (Fsp3) is 0.308. The van der Waals surface area contributed by atoms with Gasteiger partial charge in [0.25, 0.3) is 0 Å². The highest BCUT2D eigenvalue weighted by Gasteiger charge is 2.34. The van der Waals surface area contributed by atoms with Crippen molar-refractivity contribution >= 4 is 15.9 Å². The van der Waals surface area contributed by atoms with E-state index in [0.717, 1.165) is 18.7 Å². The van der Waals surface area contributed by atoms with E-state index >= 15 is 0 Å². The lowest BCUT2D eigenvalue weighted by Crippen LogP contribution is -2.08. The van der Waals surface area contributed by atoms with E-state index in [9.17, 15) is 13.2 Å². The molecule has 0 aliphatic heterocycles. The maximum atomic E-state index is 13.0. The fourth-order valence-electron chi connectivity index (χ4n) is 1.78. The predicted octanol–water partition coefficient (Wildman–Crippen LogP) is 4.27. The number of halogens is 4. The minimum absolute atomic E-state index is 0.0412. The molecule has 0 radical (unpaired) electrons. The molecule has 7 heteroatoms. The van der Waals surface area contributed by atoms with Crippen LogP contribution >= 0.6 is 15.9 Å². The standard InChI is InChI=1S/C13H11BrF3N3/c1-2-3-12-19-10(6-11(14)20-12)8-7-18-5-4-9(8)13(15,16)17/h4-7H,2-3H2,1H3. The van der Waals surface area contributed by atoms with Crippen molar-refractivity contribution in [2.45, 2.75) is 25.9 Å². The molecule has 2 aromatic rings. The first kappa shape index (κ1) is 14.9. The third kappa shape index (κ3) is 3.33. The van der Waals surface area contributed by atoms with Crippen LogP contribution in [0.25, 0.3) is 11.3 Å². The molecule has 0 fully saturated rings. The molecule has 0 N–H and O–H groups in total. The largest absolute Gasteiger partial charge is 0.417 e. The molecule has 0 bridgehead atoms. The second kappa shape index (κ2) is 5.87. The van der Waals surface area contributed by atoms with Gasteiger partial charge in [0.05, 0.1) is 11.3 Å². The van der Waals surface area contributed by atoms with Gasteiger partial charge in [-0.15, -0.1) is 0 Å². The van der Waals surface area contributed by atoms with E-state index in [4.69, 9.17) is 0 Å². The van der Waals surface area contributed by atoms with Crippen molar-refractivity contribution in [1.82, 2.24) is 15.0 Å². The molecule has 20 heavy (non-hydrogen) atoms. The summed E-state index contributed by atoms with van der Waals surface area (Å²) in [6.45, 7) is 1.95. The SMILES string of the molecule is CCCc1nc(Br)cc(-c2cnccc2C(F)(F)F)n1. The first-order valence-corrected chi connectivity index (χ1v) is 6.76. The van der Waals surface area contributed by atoms with Crippen LogP contribution < -0.4 is 0 Å². The molecule has 0 spiro atoms. The molecular formula is C13H11BrF3N3. The van der Waals surface area contributed by atoms with Crippen LogP contribution in [-0.4, -0.2) is 15.0 Å². The van der Waals surface area contributed by atoms with Gasteiger partial charge >= 0.3 is 6.18 Å². The topological polar surface area (TPSA) is 38.7 Å². The van der Waals surface area contributed by atoms with Crippen molar-refractivity contribution in [3.63, 3.8) is 0 Å². The zero-order valence-electron chi connectivity index (χ0n) is 10.6. The van der Waals surface area contributed by atoms with E-state index in [2.05, 4.69) is 30.9 Å². The Labute approximate surface area is 122 Å². The first-order chi connectivity index (χ1) is 9.41. The third-order valence-corrected chi connectivity index (χ3v) is 3.02. The molecule has 0 aromatic carbocycles. The van der Waals surface area contributed by atoms with Gasteiger partial charge in [-0.25, -0.2) is 9.97 Å². The van der Waals surface area contributed by atoms with Gasteiger partial charge in [-0.1, -0.05) is 6.92 Å². The molecule has 0 unspecified atom stereocenters. The van der Waals surface area contributed by atoms with Gasteiger partial charge < -0.3 is 0 Å². The van der Waals surface area contributed by atoms with Crippen molar-refractivity contribution in [2.24, 2.45) is 0 Å². The normalized spacial score (nSPS) is 11.7. The van der Waals surface area contributed by atoms with Crippen LogP contribution in [0.1, 0.15) is 24.7 Å². The van der Waals surface area contributed by atoms with Crippen LogP contribution in [0.2, 0.25) is 0 Å². The Hall–Kier alpha value is -1.50. The van der Waals surface area contributed by atoms with Gasteiger partial charge in [0.15, 0.2) is 0 Å². The molecule has 0 aliphatic rings. The summed E-state index contributed by atoms with van der Waals surface area (Å²) in [6.07, 6.45) is -0.730. The molecule has 0 aliphatic carbocycles. The number of aryl methyl sites for hydroxylation is 1. The van der Waals surface area contributed by atoms with E-state index in [1.165, 1.54) is 12.3 Å². The molecule has 2 rings (SSSR count). The zero-order valence-corrected chi connectivity index (χ0v) is 12.2. The van der Waals surface area contributed by atoms with Crippen LogP contribution in [-0.2, 0) is 12.6 Å². The van der Waals surface area contributed by atoms with Crippen molar-refractivity contribution in [3.8, 4) is 11.3 Å². The van der Waals surface area contributed by atoms with E-state index in [1.54, 1.807) is 0 Å². The summed E-state index contributed by atoms with van der Waals surface area (Å²) in [5.74, 6) is 0.508. The minimum atomic E-state index is -4.44. The summed E-state index contributed by atoms with van der Waals surface area (Å²) in [6, 6.07) is 2.41. The summed E-state index contributed by atoms with van der Waals surface area (Å²) >= 11 is 3.20. The van der Waals surface area contributed by atoms with E-state index in [-0.39, 0.29) is 11.3 Å². The number of pyridine rings is 1. The Morgan fingerprint density at radius 2 is 2.00 bits per heavy atom. The van der Waals surface area contributed by atoms with Gasteiger partial charge in [-0.3, -0.25) is 4.98 Å². The number of rotatable bonds is 3. The number of alkyl halides is 3. The molecule has 0 atom stereocenters. The maximum absolute atomic E-state index is 13.0. The predicted molar refractivity (Wildman–Crippen MR) is 72.0 cm³/mol. The third-order valence-electron chi connectivity index (χ3n) is 2.62. The smallest absolute Gasteiger partial charge is 0.264 e. The van der Waals surface area contributed by atoms with Crippen LogP contribution in [0.5, 0.6) is 0 Å². The van der Waals surface area contributed by atoms with E-state index in [1.807, 2.05) is 6.92 Å². The molecule has 3 nitrogen and oxygen atoms in total. The van der Waals surface area contributed by atoms with Gasteiger partial charge in [-0.2, -0.15) is 13.2 Å². The highest BCUT2D eigenvalue weighted by molar-refractivity contribution is 9.10. The summed E-state index contributed by atoms with van der Waals surface area (Å²) in [7, 11) is 0. The van der Waals surface area contributed by atoms with Crippen LogP contribution in [0.15, 0.2) is 29.1 Å². The Morgan fingerprint density at radius 1 is 1.25 bits per heavy atom. The van der Waals surface area contributed by atoms with Crippen LogP contribution in [0.4, 0.5) is 13.2 Å². The lowest BCUT2D eigenvalue weighted by molar-refractivity contribution is -0.137. The monoisotopic (exact) mass is 345 g/mol. The van der Waals surface area contributed by atoms with Gasteiger partial charge in [0, 0.05) is 24.4 Å². The Kier molecular flexibility index (Phi) is 4.37. The second-order valence-electron chi connectivity index (χ2n) is 4.16. The highest BCUT2D eigenvalue weighted by Crippen LogP contribution is 2.36. The van der Waals surface area contributed by atoms with Crippen molar-refractivity contribution in [1.29, 1.82) is 0 Å². The summed E-state index contributed by atoms with van der Waals surface area (Å²) in [5, 5.41) is 0. The average Bonchev–Trinajstić information content (AvgIpc) is 2.37. The van der Waals surface area contributed by atoms with Gasteiger partial charge in [0.2, 0.25) is 0 Å². The summed E-state index contributed by atoms with van der Waals surface area (Å²) < 4.78 is 39.5. The van der Waals surface area contributed by atoms with Gasteiger partial charge in [-0.05, 0) is 34.5 Å².